The van der Waals surface area contributed by atoms with Crippen LogP contribution < -0.4 is 5.32 Å². The second kappa shape index (κ2) is 11.0. The standard InChI is InChI=1S/C27H31FN8O2/c28-21-3-1-20(2-4-21)26-27(23-5-6-25-31-24(30-19-37)17-36(25)32-23)35(18-29-26)22-7-9-33(10-8-22)11-12-34-13-15-38-16-14-34/h1-6,17-19,22H,7-16H2,(H,30,37). The van der Waals surface area contributed by atoms with Crippen molar-refractivity contribution in [2.24, 2.45) is 0 Å². The van der Waals surface area contributed by atoms with Crippen LogP contribution >= 0.6 is 0 Å². The minimum Gasteiger partial charge on any atom is -0.379 e. The molecule has 2 saturated heterocycles. The van der Waals surface area contributed by atoms with Gasteiger partial charge in [0.1, 0.15) is 11.5 Å². The molecule has 2 aliphatic heterocycles. The first-order chi connectivity index (χ1) is 18.7. The number of carbonyl (C=O) groups excluding carboxylic acids is 1. The summed E-state index contributed by atoms with van der Waals surface area (Å²) in [6.45, 7) is 7.88. The van der Waals surface area contributed by atoms with Gasteiger partial charge in [-0.2, -0.15) is 5.10 Å². The number of hydrogen-bond donors (Lipinski definition) is 1. The molecule has 0 radical (unpaired) electrons. The maximum atomic E-state index is 13.7. The van der Waals surface area contributed by atoms with Crippen LogP contribution in [0.15, 0.2) is 48.9 Å². The Kier molecular flexibility index (Phi) is 7.12. The summed E-state index contributed by atoms with van der Waals surface area (Å²) in [4.78, 5) is 25.0. The Balaban J connectivity index is 1.27. The highest BCUT2D eigenvalue weighted by molar-refractivity contribution is 5.77. The molecule has 0 saturated carbocycles. The lowest BCUT2D eigenvalue weighted by molar-refractivity contribution is -0.105. The van der Waals surface area contributed by atoms with E-state index in [9.17, 15) is 9.18 Å². The van der Waals surface area contributed by atoms with Gasteiger partial charge in [0, 0.05) is 50.9 Å². The zero-order valence-electron chi connectivity index (χ0n) is 21.2. The fourth-order valence-electron chi connectivity index (χ4n) is 5.38. The maximum Gasteiger partial charge on any atom is 0.212 e. The monoisotopic (exact) mass is 518 g/mol. The first kappa shape index (κ1) is 24.7. The SMILES string of the molecule is O=CNc1cn2nc(-c3c(-c4ccc(F)cc4)ncn3C3CCN(CCN4CCOCC4)CC3)ccc2n1. The second-order valence-electron chi connectivity index (χ2n) is 9.79. The van der Waals surface area contributed by atoms with Crippen molar-refractivity contribution in [1.29, 1.82) is 0 Å². The molecule has 38 heavy (non-hydrogen) atoms. The van der Waals surface area contributed by atoms with Crippen LogP contribution in [0.5, 0.6) is 0 Å². The summed E-state index contributed by atoms with van der Waals surface area (Å²) in [7, 11) is 0. The molecule has 1 N–H and O–H groups in total. The van der Waals surface area contributed by atoms with Gasteiger partial charge in [-0.05, 0) is 49.2 Å². The lowest BCUT2D eigenvalue weighted by Crippen LogP contribution is -2.43. The molecule has 0 aliphatic carbocycles. The number of amides is 1. The number of aromatic nitrogens is 5. The number of carbonyl (C=O) groups is 1. The number of rotatable bonds is 8. The number of benzene rings is 1. The number of nitrogens with one attached hydrogen (secondary N) is 1. The number of fused-ring (bicyclic) bond motifs is 1. The van der Waals surface area contributed by atoms with E-state index < -0.39 is 0 Å². The summed E-state index contributed by atoms with van der Waals surface area (Å²) < 4.78 is 23.0. The maximum absolute atomic E-state index is 13.7. The number of imidazole rings is 2. The summed E-state index contributed by atoms with van der Waals surface area (Å²) in [5.74, 6) is 0.147. The molecular weight excluding hydrogens is 487 g/mol. The third-order valence-electron chi connectivity index (χ3n) is 7.47. The summed E-state index contributed by atoms with van der Waals surface area (Å²) in [5.41, 5.74) is 3.85. The Morgan fingerprint density at radius 3 is 2.47 bits per heavy atom. The highest BCUT2D eigenvalue weighted by Gasteiger charge is 2.26. The second-order valence-corrected chi connectivity index (χ2v) is 9.79. The zero-order chi connectivity index (χ0) is 25.9. The van der Waals surface area contributed by atoms with Crippen molar-refractivity contribution in [2.45, 2.75) is 18.9 Å². The fraction of sp³-hybridized carbons (Fsp3) is 0.407. The Morgan fingerprint density at radius 2 is 1.74 bits per heavy atom. The van der Waals surface area contributed by atoms with E-state index in [2.05, 4.69) is 24.7 Å². The molecule has 10 nitrogen and oxygen atoms in total. The van der Waals surface area contributed by atoms with Crippen molar-refractivity contribution >= 4 is 17.9 Å². The smallest absolute Gasteiger partial charge is 0.212 e. The first-order valence-electron chi connectivity index (χ1n) is 13.1. The van der Waals surface area contributed by atoms with E-state index in [-0.39, 0.29) is 11.9 Å². The number of hydrogen-bond acceptors (Lipinski definition) is 7. The van der Waals surface area contributed by atoms with Gasteiger partial charge < -0.3 is 19.5 Å². The number of likely N-dealkylation sites (tertiary alicyclic amines) is 1. The molecule has 198 valence electrons. The van der Waals surface area contributed by atoms with E-state index in [1.54, 1.807) is 22.8 Å². The van der Waals surface area contributed by atoms with Crippen LogP contribution in [0.25, 0.3) is 28.3 Å². The normalized spacial score (nSPS) is 17.7. The van der Waals surface area contributed by atoms with E-state index in [1.807, 2.05) is 18.5 Å². The van der Waals surface area contributed by atoms with Gasteiger partial charge in [0.05, 0.1) is 37.1 Å². The van der Waals surface area contributed by atoms with Crippen LogP contribution in [0.4, 0.5) is 10.2 Å². The van der Waals surface area contributed by atoms with Gasteiger partial charge in [-0.3, -0.25) is 9.69 Å². The van der Waals surface area contributed by atoms with E-state index in [4.69, 9.17) is 14.8 Å². The molecule has 1 aromatic carbocycles. The highest BCUT2D eigenvalue weighted by atomic mass is 19.1. The number of ether oxygens (including phenoxy) is 1. The Labute approximate surface area is 220 Å². The van der Waals surface area contributed by atoms with Gasteiger partial charge in [-0.25, -0.2) is 18.9 Å². The summed E-state index contributed by atoms with van der Waals surface area (Å²) in [6, 6.07) is 10.5. The van der Waals surface area contributed by atoms with Crippen molar-refractivity contribution in [3.05, 3.63) is 54.7 Å². The van der Waals surface area contributed by atoms with Crippen LogP contribution in [-0.2, 0) is 9.53 Å². The Bertz CT molecular complexity index is 1390. The summed E-state index contributed by atoms with van der Waals surface area (Å²) in [6.07, 6.45) is 6.18. The number of piperidine rings is 1. The number of halogens is 1. The van der Waals surface area contributed by atoms with E-state index in [0.29, 0.717) is 17.9 Å². The van der Waals surface area contributed by atoms with Crippen molar-refractivity contribution in [3.63, 3.8) is 0 Å². The predicted octanol–water partition coefficient (Wildman–Crippen LogP) is 2.94. The van der Waals surface area contributed by atoms with E-state index in [0.717, 1.165) is 88.0 Å². The van der Waals surface area contributed by atoms with Crippen LogP contribution in [0.1, 0.15) is 18.9 Å². The molecule has 3 aromatic heterocycles. The average Bonchev–Trinajstić information content (AvgIpc) is 3.57. The zero-order valence-corrected chi connectivity index (χ0v) is 21.2. The Morgan fingerprint density at radius 1 is 1.00 bits per heavy atom. The minimum absolute atomic E-state index is 0.277. The molecule has 5 heterocycles. The molecule has 0 atom stereocenters. The number of anilines is 1. The first-order valence-corrected chi connectivity index (χ1v) is 13.1. The van der Waals surface area contributed by atoms with Crippen LogP contribution in [0.2, 0.25) is 0 Å². The van der Waals surface area contributed by atoms with Gasteiger partial charge in [0.2, 0.25) is 6.41 Å². The highest BCUT2D eigenvalue weighted by Crippen LogP contribution is 2.35. The number of morpholine rings is 1. The third kappa shape index (κ3) is 5.17. The molecule has 1 amide bonds. The topological polar surface area (TPSA) is 92.8 Å². The molecule has 11 heteroatoms. The summed E-state index contributed by atoms with van der Waals surface area (Å²) in [5, 5.41) is 7.39. The molecule has 4 aromatic rings. The molecule has 6 rings (SSSR count). The van der Waals surface area contributed by atoms with E-state index >= 15 is 0 Å². The van der Waals surface area contributed by atoms with Crippen molar-refractivity contribution in [1.82, 2.24) is 33.9 Å². The van der Waals surface area contributed by atoms with Gasteiger partial charge in [0.15, 0.2) is 11.5 Å². The Hall–Kier alpha value is -3.67. The van der Waals surface area contributed by atoms with Crippen molar-refractivity contribution in [3.8, 4) is 22.6 Å². The molecule has 0 bridgehead atoms. The molecule has 0 spiro atoms. The fourth-order valence-corrected chi connectivity index (χ4v) is 5.38. The van der Waals surface area contributed by atoms with Crippen LogP contribution in [0.3, 0.4) is 0 Å². The lowest BCUT2D eigenvalue weighted by atomic mass is 10.0. The lowest BCUT2D eigenvalue weighted by Gasteiger charge is -2.35. The van der Waals surface area contributed by atoms with Crippen molar-refractivity contribution in [2.75, 3.05) is 57.8 Å². The quantitative estimate of drug-likeness (QED) is 0.359. The minimum atomic E-state index is -0.285. The molecule has 2 fully saturated rings. The summed E-state index contributed by atoms with van der Waals surface area (Å²) >= 11 is 0. The molecule has 2 aliphatic rings. The largest absolute Gasteiger partial charge is 0.379 e. The van der Waals surface area contributed by atoms with Crippen LogP contribution in [0, 0.1) is 5.82 Å². The average molecular weight is 519 g/mol. The predicted molar refractivity (Wildman–Crippen MR) is 141 cm³/mol. The van der Waals surface area contributed by atoms with E-state index in [1.165, 1.54) is 12.1 Å². The van der Waals surface area contributed by atoms with Crippen molar-refractivity contribution < 1.29 is 13.9 Å². The van der Waals surface area contributed by atoms with Crippen LogP contribution in [-0.4, -0.2) is 92.8 Å². The van der Waals surface area contributed by atoms with Gasteiger partial charge >= 0.3 is 0 Å². The van der Waals surface area contributed by atoms with Gasteiger partial charge in [0.25, 0.3) is 0 Å². The third-order valence-corrected chi connectivity index (χ3v) is 7.47. The number of nitrogens with zero attached hydrogens (tertiary/aromatic N) is 7. The molecule has 0 unspecified atom stereocenters. The van der Waals surface area contributed by atoms with Gasteiger partial charge in [-0.1, -0.05) is 0 Å². The van der Waals surface area contributed by atoms with Gasteiger partial charge in [-0.15, -0.1) is 0 Å². The molecular formula is C27H31FN8O2.